The monoisotopic (exact) mass is 365 g/mol. The van der Waals surface area contributed by atoms with E-state index in [1.165, 1.54) is 22.7 Å². The highest BCUT2D eigenvalue weighted by Crippen LogP contribution is 2.23. The van der Waals surface area contributed by atoms with Gasteiger partial charge >= 0.3 is 0 Å². The number of amides is 1. The van der Waals surface area contributed by atoms with Gasteiger partial charge in [-0.05, 0) is 55.8 Å². The van der Waals surface area contributed by atoms with Gasteiger partial charge in [0.2, 0.25) is 10.0 Å². The second kappa shape index (κ2) is 8.29. The lowest BCUT2D eigenvalue weighted by Gasteiger charge is -2.23. The number of benzene rings is 1. The van der Waals surface area contributed by atoms with Gasteiger partial charge in [-0.1, -0.05) is 12.1 Å². The lowest BCUT2D eigenvalue weighted by atomic mass is 9.91. The quantitative estimate of drug-likeness (QED) is 0.797. The third-order valence-electron chi connectivity index (χ3n) is 5.05. The van der Waals surface area contributed by atoms with E-state index in [0.717, 1.165) is 25.9 Å². The predicted octanol–water partition coefficient (Wildman–Crippen LogP) is 1.31. The zero-order valence-corrected chi connectivity index (χ0v) is 15.4. The van der Waals surface area contributed by atoms with E-state index in [4.69, 9.17) is 0 Å². The van der Waals surface area contributed by atoms with Gasteiger partial charge in [0.25, 0.3) is 5.91 Å². The van der Waals surface area contributed by atoms with Gasteiger partial charge in [0.1, 0.15) is 0 Å². The number of rotatable bonds is 6. The van der Waals surface area contributed by atoms with Crippen LogP contribution in [0.4, 0.5) is 0 Å². The second-order valence-corrected chi connectivity index (χ2v) is 8.93. The number of hydrogen-bond donors (Lipinski definition) is 2. The standard InChI is InChI=1S/C18H27N3O3S/c22-18(20-10-13-25(23,24)21-11-1-2-12-21)16-7-5-15(6-8-16)17-4-3-9-19-14-17/h5-8,17,19H,1-4,9-14H2,(H,20,22). The zero-order valence-electron chi connectivity index (χ0n) is 14.5. The highest BCUT2D eigenvalue weighted by molar-refractivity contribution is 7.89. The summed E-state index contributed by atoms with van der Waals surface area (Å²) in [6, 6.07) is 7.67. The maximum absolute atomic E-state index is 12.2. The molecule has 25 heavy (non-hydrogen) atoms. The molecule has 1 unspecified atom stereocenters. The van der Waals surface area contributed by atoms with E-state index in [2.05, 4.69) is 10.6 Å². The van der Waals surface area contributed by atoms with E-state index >= 15 is 0 Å². The van der Waals surface area contributed by atoms with Crippen LogP contribution >= 0.6 is 0 Å². The molecule has 0 bridgehead atoms. The minimum atomic E-state index is -3.25. The number of carbonyl (C=O) groups excluding carboxylic acids is 1. The van der Waals surface area contributed by atoms with Crippen molar-refractivity contribution in [3.8, 4) is 0 Å². The summed E-state index contributed by atoms with van der Waals surface area (Å²) >= 11 is 0. The maximum atomic E-state index is 12.2. The minimum absolute atomic E-state index is 0.0371. The van der Waals surface area contributed by atoms with Crippen molar-refractivity contribution in [2.45, 2.75) is 31.6 Å². The number of carbonyl (C=O) groups is 1. The lowest BCUT2D eigenvalue weighted by Crippen LogP contribution is -2.36. The topological polar surface area (TPSA) is 78.5 Å². The van der Waals surface area contributed by atoms with E-state index < -0.39 is 10.0 Å². The van der Waals surface area contributed by atoms with E-state index in [0.29, 0.717) is 24.6 Å². The summed E-state index contributed by atoms with van der Waals surface area (Å²) in [5, 5.41) is 6.12. The summed E-state index contributed by atoms with van der Waals surface area (Å²) in [7, 11) is -3.25. The van der Waals surface area contributed by atoms with Crippen LogP contribution in [-0.4, -0.2) is 57.1 Å². The zero-order chi connectivity index (χ0) is 17.7. The first-order chi connectivity index (χ1) is 12.1. The maximum Gasteiger partial charge on any atom is 0.251 e. The molecule has 2 aliphatic heterocycles. The summed E-state index contributed by atoms with van der Waals surface area (Å²) in [4.78, 5) is 12.2. The third kappa shape index (κ3) is 4.80. The van der Waals surface area contributed by atoms with Gasteiger partial charge in [-0.2, -0.15) is 0 Å². The third-order valence-corrected chi connectivity index (χ3v) is 6.92. The van der Waals surface area contributed by atoms with E-state index in [9.17, 15) is 13.2 Å². The van der Waals surface area contributed by atoms with Gasteiger partial charge in [-0.25, -0.2) is 12.7 Å². The normalized spacial score (nSPS) is 22.0. The van der Waals surface area contributed by atoms with E-state index in [-0.39, 0.29) is 18.2 Å². The largest absolute Gasteiger partial charge is 0.351 e. The Labute approximate surface area is 150 Å². The molecule has 0 radical (unpaired) electrons. The SMILES string of the molecule is O=C(NCCS(=O)(=O)N1CCCC1)c1ccc(C2CCCNC2)cc1. The van der Waals surface area contributed by atoms with Crippen molar-refractivity contribution in [3.05, 3.63) is 35.4 Å². The van der Waals surface area contributed by atoms with Crippen LogP contribution in [0.2, 0.25) is 0 Å². The highest BCUT2D eigenvalue weighted by Gasteiger charge is 2.25. The number of hydrogen-bond acceptors (Lipinski definition) is 4. The molecule has 2 fully saturated rings. The predicted molar refractivity (Wildman–Crippen MR) is 98.2 cm³/mol. The number of sulfonamides is 1. The molecule has 2 N–H and O–H groups in total. The minimum Gasteiger partial charge on any atom is -0.351 e. The van der Waals surface area contributed by atoms with Crippen molar-refractivity contribution in [3.63, 3.8) is 0 Å². The average molecular weight is 365 g/mol. The Balaban J connectivity index is 1.49. The Bertz CT molecular complexity index is 676. The van der Waals surface area contributed by atoms with Gasteiger partial charge in [0, 0.05) is 31.7 Å². The van der Waals surface area contributed by atoms with Gasteiger partial charge in [-0.15, -0.1) is 0 Å². The highest BCUT2D eigenvalue weighted by atomic mass is 32.2. The summed E-state index contributed by atoms with van der Waals surface area (Å²) in [5.74, 6) is 0.256. The van der Waals surface area contributed by atoms with Crippen molar-refractivity contribution in [2.24, 2.45) is 0 Å². The fourth-order valence-electron chi connectivity index (χ4n) is 3.53. The fraction of sp³-hybridized carbons (Fsp3) is 0.611. The molecule has 0 aromatic heterocycles. The Kier molecular flexibility index (Phi) is 6.09. The molecular weight excluding hydrogens is 338 g/mol. The van der Waals surface area contributed by atoms with Crippen LogP contribution in [0.15, 0.2) is 24.3 Å². The molecule has 1 atom stereocenters. The Hall–Kier alpha value is -1.44. The number of nitrogens with zero attached hydrogens (tertiary/aromatic N) is 1. The van der Waals surface area contributed by atoms with Crippen LogP contribution in [0, 0.1) is 0 Å². The lowest BCUT2D eigenvalue weighted by molar-refractivity contribution is 0.0956. The molecule has 1 amide bonds. The Morgan fingerprint density at radius 2 is 1.88 bits per heavy atom. The molecule has 2 aliphatic rings. The van der Waals surface area contributed by atoms with Gasteiger partial charge in [0.15, 0.2) is 0 Å². The van der Waals surface area contributed by atoms with E-state index in [1.807, 2.05) is 24.3 Å². The van der Waals surface area contributed by atoms with E-state index in [1.54, 1.807) is 0 Å². The molecule has 0 spiro atoms. The summed E-state index contributed by atoms with van der Waals surface area (Å²) in [5.41, 5.74) is 1.83. The van der Waals surface area contributed by atoms with Crippen LogP contribution in [0.3, 0.4) is 0 Å². The molecule has 7 heteroatoms. The van der Waals surface area contributed by atoms with Crippen molar-refractivity contribution < 1.29 is 13.2 Å². The molecule has 2 heterocycles. The van der Waals surface area contributed by atoms with Crippen LogP contribution < -0.4 is 10.6 Å². The first-order valence-electron chi connectivity index (χ1n) is 9.13. The number of nitrogens with one attached hydrogen (secondary N) is 2. The molecule has 0 aliphatic carbocycles. The van der Waals surface area contributed by atoms with Crippen LogP contribution in [-0.2, 0) is 10.0 Å². The molecule has 138 valence electrons. The molecule has 1 aromatic rings. The van der Waals surface area contributed by atoms with Gasteiger partial charge < -0.3 is 10.6 Å². The van der Waals surface area contributed by atoms with Crippen LogP contribution in [0.5, 0.6) is 0 Å². The Morgan fingerprint density at radius 3 is 2.52 bits per heavy atom. The summed E-state index contributed by atoms with van der Waals surface area (Å²) < 4.78 is 25.8. The molecular formula is C18H27N3O3S. The molecule has 1 aromatic carbocycles. The summed E-state index contributed by atoms with van der Waals surface area (Å²) in [6.07, 6.45) is 4.20. The van der Waals surface area contributed by atoms with Crippen molar-refractivity contribution in [2.75, 3.05) is 38.5 Å². The fourth-order valence-corrected chi connectivity index (χ4v) is 4.97. The van der Waals surface area contributed by atoms with Crippen molar-refractivity contribution in [1.29, 1.82) is 0 Å². The average Bonchev–Trinajstić information content (AvgIpc) is 3.18. The van der Waals surface area contributed by atoms with Crippen molar-refractivity contribution >= 4 is 15.9 Å². The number of piperidine rings is 1. The first kappa shape index (κ1) is 18.4. The Morgan fingerprint density at radius 1 is 1.16 bits per heavy atom. The van der Waals surface area contributed by atoms with Crippen LogP contribution in [0.1, 0.15) is 47.5 Å². The molecule has 6 nitrogen and oxygen atoms in total. The van der Waals surface area contributed by atoms with Crippen molar-refractivity contribution in [1.82, 2.24) is 14.9 Å². The molecule has 3 rings (SSSR count). The van der Waals surface area contributed by atoms with Gasteiger partial charge in [-0.3, -0.25) is 4.79 Å². The first-order valence-corrected chi connectivity index (χ1v) is 10.7. The second-order valence-electron chi connectivity index (χ2n) is 6.84. The van der Waals surface area contributed by atoms with Gasteiger partial charge in [0.05, 0.1) is 5.75 Å². The summed E-state index contributed by atoms with van der Waals surface area (Å²) in [6.45, 7) is 3.42. The molecule has 2 saturated heterocycles. The molecule has 0 saturated carbocycles. The smallest absolute Gasteiger partial charge is 0.251 e. The van der Waals surface area contributed by atoms with Crippen LogP contribution in [0.25, 0.3) is 0 Å².